The monoisotopic (exact) mass is 282 g/mol. The SMILES string of the molecule is CCCNC(=O)N(Cc1cccc(F)c1)C(C)COC. The third kappa shape index (κ3) is 5.17. The topological polar surface area (TPSA) is 41.6 Å². The van der Waals surface area contributed by atoms with Crippen LogP contribution in [0.15, 0.2) is 24.3 Å². The second kappa shape index (κ2) is 8.53. The van der Waals surface area contributed by atoms with E-state index in [1.54, 1.807) is 18.1 Å². The van der Waals surface area contributed by atoms with Crippen molar-refractivity contribution in [3.05, 3.63) is 35.6 Å². The van der Waals surface area contributed by atoms with E-state index < -0.39 is 0 Å². The number of carbonyl (C=O) groups excluding carboxylic acids is 1. The number of amides is 2. The summed E-state index contributed by atoms with van der Waals surface area (Å²) in [6.07, 6.45) is 0.873. The summed E-state index contributed by atoms with van der Waals surface area (Å²) in [5.74, 6) is -0.296. The van der Waals surface area contributed by atoms with Gasteiger partial charge in [0, 0.05) is 20.2 Å². The molecule has 20 heavy (non-hydrogen) atoms. The van der Waals surface area contributed by atoms with Crippen molar-refractivity contribution in [2.24, 2.45) is 0 Å². The molecule has 2 amide bonds. The summed E-state index contributed by atoms with van der Waals surface area (Å²) in [7, 11) is 1.60. The number of carbonyl (C=O) groups is 1. The van der Waals surface area contributed by atoms with Crippen LogP contribution in [0.4, 0.5) is 9.18 Å². The number of hydrogen-bond acceptors (Lipinski definition) is 2. The van der Waals surface area contributed by atoms with E-state index in [0.717, 1.165) is 12.0 Å². The van der Waals surface area contributed by atoms with Gasteiger partial charge in [0.1, 0.15) is 5.82 Å². The van der Waals surface area contributed by atoms with E-state index in [4.69, 9.17) is 4.74 Å². The molecule has 0 spiro atoms. The fraction of sp³-hybridized carbons (Fsp3) is 0.533. The van der Waals surface area contributed by atoms with Gasteiger partial charge in [-0.2, -0.15) is 0 Å². The second-order valence-electron chi connectivity index (χ2n) is 4.79. The fourth-order valence-electron chi connectivity index (χ4n) is 1.92. The Hall–Kier alpha value is -1.62. The summed E-state index contributed by atoms with van der Waals surface area (Å²) >= 11 is 0. The Morgan fingerprint density at radius 2 is 2.25 bits per heavy atom. The Morgan fingerprint density at radius 3 is 2.85 bits per heavy atom. The lowest BCUT2D eigenvalue weighted by Crippen LogP contribution is -2.46. The molecule has 5 heteroatoms. The molecule has 0 saturated carbocycles. The van der Waals surface area contributed by atoms with Gasteiger partial charge in [-0.15, -0.1) is 0 Å². The van der Waals surface area contributed by atoms with Gasteiger partial charge in [0.25, 0.3) is 0 Å². The van der Waals surface area contributed by atoms with Crippen molar-refractivity contribution in [1.82, 2.24) is 10.2 Å². The Kier molecular flexibility index (Phi) is 7.01. The Bertz CT molecular complexity index is 426. The van der Waals surface area contributed by atoms with E-state index in [-0.39, 0.29) is 17.9 Å². The first-order valence-corrected chi connectivity index (χ1v) is 6.86. The highest BCUT2D eigenvalue weighted by atomic mass is 19.1. The molecule has 0 bridgehead atoms. The Morgan fingerprint density at radius 1 is 1.50 bits per heavy atom. The largest absolute Gasteiger partial charge is 0.383 e. The van der Waals surface area contributed by atoms with Crippen molar-refractivity contribution in [3.63, 3.8) is 0 Å². The van der Waals surface area contributed by atoms with Gasteiger partial charge in [0.05, 0.1) is 12.6 Å². The van der Waals surface area contributed by atoms with Crippen LogP contribution in [0.1, 0.15) is 25.8 Å². The number of ether oxygens (including phenoxy) is 1. The predicted octanol–water partition coefficient (Wildman–Crippen LogP) is 2.78. The highest BCUT2D eigenvalue weighted by Gasteiger charge is 2.20. The molecule has 0 radical (unpaired) electrons. The van der Waals surface area contributed by atoms with E-state index in [0.29, 0.717) is 19.7 Å². The van der Waals surface area contributed by atoms with Gasteiger partial charge in [-0.25, -0.2) is 9.18 Å². The molecule has 0 aliphatic carbocycles. The average molecular weight is 282 g/mol. The first-order chi connectivity index (χ1) is 9.58. The molecular weight excluding hydrogens is 259 g/mol. The minimum atomic E-state index is -0.296. The molecule has 0 aliphatic heterocycles. The maximum atomic E-state index is 13.2. The molecular formula is C15H23FN2O2. The van der Waals surface area contributed by atoms with E-state index >= 15 is 0 Å². The number of hydrogen-bond donors (Lipinski definition) is 1. The van der Waals surface area contributed by atoms with Gasteiger partial charge < -0.3 is 15.0 Å². The first-order valence-electron chi connectivity index (χ1n) is 6.86. The van der Waals surface area contributed by atoms with Crippen LogP contribution in [0.2, 0.25) is 0 Å². The van der Waals surface area contributed by atoms with Gasteiger partial charge in [-0.1, -0.05) is 19.1 Å². The maximum Gasteiger partial charge on any atom is 0.318 e. The standard InChI is InChI=1S/C15H23FN2O2/c1-4-8-17-15(19)18(12(2)11-20-3)10-13-6-5-7-14(16)9-13/h5-7,9,12H,4,8,10-11H2,1-3H3,(H,17,19). The summed E-state index contributed by atoms with van der Waals surface area (Å²) in [5.41, 5.74) is 0.764. The van der Waals surface area contributed by atoms with Crippen LogP contribution in [-0.2, 0) is 11.3 Å². The van der Waals surface area contributed by atoms with Gasteiger partial charge in [-0.05, 0) is 31.0 Å². The number of benzene rings is 1. The molecule has 4 nitrogen and oxygen atoms in total. The average Bonchev–Trinajstić information content (AvgIpc) is 2.42. The maximum absolute atomic E-state index is 13.2. The van der Waals surface area contributed by atoms with E-state index in [9.17, 15) is 9.18 Å². The zero-order chi connectivity index (χ0) is 15.0. The van der Waals surface area contributed by atoms with Crippen molar-refractivity contribution in [2.75, 3.05) is 20.3 Å². The minimum Gasteiger partial charge on any atom is -0.383 e. The summed E-state index contributed by atoms with van der Waals surface area (Å²) in [5, 5.41) is 2.84. The molecule has 1 aromatic carbocycles. The first kappa shape index (κ1) is 16.4. The molecule has 1 atom stereocenters. The summed E-state index contributed by atoms with van der Waals surface area (Å²) < 4.78 is 18.3. The molecule has 1 N–H and O–H groups in total. The third-order valence-corrected chi connectivity index (χ3v) is 2.97. The number of rotatable bonds is 7. The van der Waals surface area contributed by atoms with Crippen LogP contribution in [0, 0.1) is 5.82 Å². The van der Waals surface area contributed by atoms with Crippen LogP contribution in [-0.4, -0.2) is 37.2 Å². The van der Waals surface area contributed by atoms with Crippen LogP contribution in [0.3, 0.4) is 0 Å². The van der Waals surface area contributed by atoms with E-state index in [1.807, 2.05) is 19.9 Å². The van der Waals surface area contributed by atoms with Crippen LogP contribution >= 0.6 is 0 Å². The second-order valence-corrected chi connectivity index (χ2v) is 4.79. The van der Waals surface area contributed by atoms with Crippen molar-refractivity contribution >= 4 is 6.03 Å². The molecule has 0 saturated heterocycles. The lowest BCUT2D eigenvalue weighted by molar-refractivity contribution is 0.108. The number of nitrogens with one attached hydrogen (secondary N) is 1. The van der Waals surface area contributed by atoms with Crippen molar-refractivity contribution in [3.8, 4) is 0 Å². The van der Waals surface area contributed by atoms with Gasteiger partial charge in [-0.3, -0.25) is 0 Å². The van der Waals surface area contributed by atoms with Gasteiger partial charge in [0.15, 0.2) is 0 Å². The third-order valence-electron chi connectivity index (χ3n) is 2.97. The molecule has 0 heterocycles. The minimum absolute atomic E-state index is 0.0832. The lowest BCUT2D eigenvalue weighted by atomic mass is 10.2. The molecule has 1 aromatic rings. The van der Waals surface area contributed by atoms with Gasteiger partial charge in [0.2, 0.25) is 0 Å². The highest BCUT2D eigenvalue weighted by molar-refractivity contribution is 5.74. The number of halogens is 1. The van der Waals surface area contributed by atoms with Crippen molar-refractivity contribution < 1.29 is 13.9 Å². The predicted molar refractivity (Wildman–Crippen MR) is 77.0 cm³/mol. The zero-order valence-electron chi connectivity index (χ0n) is 12.4. The summed E-state index contributed by atoms with van der Waals surface area (Å²) in [4.78, 5) is 13.8. The van der Waals surface area contributed by atoms with Crippen molar-refractivity contribution in [1.29, 1.82) is 0 Å². The molecule has 112 valence electrons. The molecule has 0 fully saturated rings. The Balaban J connectivity index is 2.78. The van der Waals surface area contributed by atoms with Crippen LogP contribution in [0.25, 0.3) is 0 Å². The lowest BCUT2D eigenvalue weighted by Gasteiger charge is -2.29. The Labute approximate surface area is 119 Å². The molecule has 0 aliphatic rings. The zero-order valence-corrected chi connectivity index (χ0v) is 12.4. The van der Waals surface area contributed by atoms with Crippen LogP contribution < -0.4 is 5.32 Å². The molecule has 0 aromatic heterocycles. The summed E-state index contributed by atoms with van der Waals surface area (Å²) in [6.45, 7) is 5.33. The smallest absolute Gasteiger partial charge is 0.318 e. The number of methoxy groups -OCH3 is 1. The number of nitrogens with zero attached hydrogens (tertiary/aromatic N) is 1. The quantitative estimate of drug-likeness (QED) is 0.835. The van der Waals surface area contributed by atoms with Crippen LogP contribution in [0.5, 0.6) is 0 Å². The van der Waals surface area contributed by atoms with E-state index in [1.165, 1.54) is 12.1 Å². The molecule has 1 rings (SSSR count). The van der Waals surface area contributed by atoms with Gasteiger partial charge >= 0.3 is 6.03 Å². The van der Waals surface area contributed by atoms with Crippen molar-refractivity contribution in [2.45, 2.75) is 32.9 Å². The highest BCUT2D eigenvalue weighted by Crippen LogP contribution is 2.11. The summed E-state index contributed by atoms with van der Waals surface area (Å²) in [6, 6.07) is 6.06. The molecule has 1 unspecified atom stereocenters. The number of urea groups is 1. The normalized spacial score (nSPS) is 12.0. The fourth-order valence-corrected chi connectivity index (χ4v) is 1.92. The van der Waals surface area contributed by atoms with E-state index in [2.05, 4.69) is 5.32 Å².